The monoisotopic (exact) mass is 238 g/mol. The van der Waals surface area contributed by atoms with Crippen molar-refractivity contribution in [1.82, 2.24) is 5.32 Å². The average Bonchev–Trinajstić information content (AvgIpc) is 2.61. The van der Waals surface area contributed by atoms with Gasteiger partial charge in [-0.3, -0.25) is 4.79 Å². The first-order chi connectivity index (χ1) is 7.70. The van der Waals surface area contributed by atoms with Crippen LogP contribution in [0.5, 0.6) is 0 Å². The Kier molecular flexibility index (Phi) is 3.46. The summed E-state index contributed by atoms with van der Waals surface area (Å²) in [5.74, 6) is 0.174. The van der Waals surface area contributed by atoms with Crippen molar-refractivity contribution in [2.75, 3.05) is 18.0 Å². The number of rotatable bonds is 3. The molecule has 86 valence electrons. The van der Waals surface area contributed by atoms with Crippen LogP contribution in [0.15, 0.2) is 24.3 Å². The Morgan fingerprint density at radius 2 is 2.12 bits per heavy atom. The van der Waals surface area contributed by atoms with Crippen molar-refractivity contribution in [3.05, 3.63) is 29.3 Å². The molecule has 1 fully saturated rings. The minimum absolute atomic E-state index is 0.174. The number of carbonyl (C=O) groups is 1. The van der Waals surface area contributed by atoms with Crippen LogP contribution in [0.1, 0.15) is 13.3 Å². The Bertz CT molecular complexity index is 377. The van der Waals surface area contributed by atoms with E-state index >= 15 is 0 Å². The summed E-state index contributed by atoms with van der Waals surface area (Å²) in [6, 6.07) is 7.66. The molecule has 16 heavy (non-hydrogen) atoms. The highest BCUT2D eigenvalue weighted by Gasteiger charge is 2.29. The van der Waals surface area contributed by atoms with Crippen LogP contribution in [0, 0.1) is 0 Å². The van der Waals surface area contributed by atoms with Crippen molar-refractivity contribution in [1.29, 1.82) is 0 Å². The van der Waals surface area contributed by atoms with E-state index in [1.807, 2.05) is 29.2 Å². The molecule has 1 aliphatic rings. The largest absolute Gasteiger partial charge is 0.312 e. The van der Waals surface area contributed by atoms with E-state index in [9.17, 15) is 4.79 Å². The van der Waals surface area contributed by atoms with Gasteiger partial charge >= 0.3 is 0 Å². The van der Waals surface area contributed by atoms with Crippen molar-refractivity contribution < 1.29 is 4.79 Å². The maximum atomic E-state index is 11.8. The molecule has 0 aromatic heterocycles. The summed E-state index contributed by atoms with van der Waals surface area (Å²) < 4.78 is 0. The number of hydrogen-bond acceptors (Lipinski definition) is 2. The molecule has 0 aliphatic carbocycles. The number of nitrogens with zero attached hydrogens (tertiary/aromatic N) is 1. The predicted molar refractivity (Wildman–Crippen MR) is 65.9 cm³/mol. The maximum Gasteiger partial charge on any atom is 0.228 e. The lowest BCUT2D eigenvalue weighted by Gasteiger charge is -2.16. The first-order valence-corrected chi connectivity index (χ1v) is 5.88. The number of hydrogen-bond donors (Lipinski definition) is 1. The number of halogens is 1. The first kappa shape index (κ1) is 11.4. The second-order valence-corrected chi connectivity index (χ2v) is 4.38. The molecule has 3 nitrogen and oxygen atoms in total. The fourth-order valence-electron chi connectivity index (χ4n) is 2.00. The van der Waals surface area contributed by atoms with Gasteiger partial charge in [0, 0.05) is 29.7 Å². The van der Waals surface area contributed by atoms with Crippen molar-refractivity contribution in [3.63, 3.8) is 0 Å². The normalized spacial score (nSPS) is 20.5. The highest BCUT2D eigenvalue weighted by atomic mass is 35.5. The second kappa shape index (κ2) is 4.85. The Morgan fingerprint density at radius 3 is 2.75 bits per heavy atom. The SMILES string of the molecule is CCNC1CC(=O)N(c2ccc(Cl)cc2)C1. The summed E-state index contributed by atoms with van der Waals surface area (Å²) in [4.78, 5) is 13.6. The molecule has 1 aliphatic heterocycles. The summed E-state index contributed by atoms with van der Waals surface area (Å²) in [7, 11) is 0. The highest BCUT2D eigenvalue weighted by molar-refractivity contribution is 6.30. The molecule has 0 bridgehead atoms. The van der Waals surface area contributed by atoms with Crippen LogP contribution in [0.25, 0.3) is 0 Å². The van der Waals surface area contributed by atoms with E-state index in [1.54, 1.807) is 0 Å². The number of benzene rings is 1. The van der Waals surface area contributed by atoms with Gasteiger partial charge in [0.25, 0.3) is 0 Å². The van der Waals surface area contributed by atoms with Gasteiger partial charge in [0.05, 0.1) is 0 Å². The lowest BCUT2D eigenvalue weighted by molar-refractivity contribution is -0.117. The molecule has 1 aromatic rings. The zero-order valence-electron chi connectivity index (χ0n) is 9.24. The van der Waals surface area contributed by atoms with Crippen molar-refractivity contribution in [3.8, 4) is 0 Å². The van der Waals surface area contributed by atoms with E-state index in [2.05, 4.69) is 12.2 Å². The zero-order chi connectivity index (χ0) is 11.5. The maximum absolute atomic E-state index is 11.8. The van der Waals surface area contributed by atoms with E-state index in [0.29, 0.717) is 11.4 Å². The van der Waals surface area contributed by atoms with E-state index in [-0.39, 0.29) is 11.9 Å². The molecule has 1 N–H and O–H groups in total. The van der Waals surface area contributed by atoms with E-state index in [4.69, 9.17) is 11.6 Å². The number of likely N-dealkylation sites (N-methyl/N-ethyl adjacent to an activating group) is 1. The molecule has 4 heteroatoms. The molecular weight excluding hydrogens is 224 g/mol. The topological polar surface area (TPSA) is 32.3 Å². The van der Waals surface area contributed by atoms with Gasteiger partial charge in [0.15, 0.2) is 0 Å². The van der Waals surface area contributed by atoms with Crippen molar-refractivity contribution >= 4 is 23.2 Å². The van der Waals surface area contributed by atoms with E-state index < -0.39 is 0 Å². The van der Waals surface area contributed by atoms with Crippen LogP contribution in [0.2, 0.25) is 5.02 Å². The van der Waals surface area contributed by atoms with Gasteiger partial charge in [-0.15, -0.1) is 0 Å². The Hall–Kier alpha value is -1.06. The van der Waals surface area contributed by atoms with Crippen LogP contribution in [0.4, 0.5) is 5.69 Å². The molecule has 0 spiro atoms. The Balaban J connectivity index is 2.10. The quantitative estimate of drug-likeness (QED) is 0.874. The van der Waals surface area contributed by atoms with Crippen LogP contribution in [-0.2, 0) is 4.79 Å². The average molecular weight is 239 g/mol. The fraction of sp³-hybridized carbons (Fsp3) is 0.417. The predicted octanol–water partition coefficient (Wildman–Crippen LogP) is 2.05. The highest BCUT2D eigenvalue weighted by Crippen LogP contribution is 2.23. The molecule has 1 aromatic carbocycles. The van der Waals surface area contributed by atoms with Gasteiger partial charge in [-0.25, -0.2) is 0 Å². The number of anilines is 1. The molecule has 1 heterocycles. The third kappa shape index (κ3) is 2.36. The van der Waals surface area contributed by atoms with E-state index in [0.717, 1.165) is 18.8 Å². The standard InChI is InChI=1S/C12H15ClN2O/c1-2-14-10-7-12(16)15(8-10)11-5-3-9(13)4-6-11/h3-6,10,14H,2,7-8H2,1H3. The third-order valence-corrected chi connectivity index (χ3v) is 3.01. The second-order valence-electron chi connectivity index (χ2n) is 3.94. The van der Waals surface area contributed by atoms with Crippen molar-refractivity contribution in [2.45, 2.75) is 19.4 Å². The first-order valence-electron chi connectivity index (χ1n) is 5.50. The van der Waals surface area contributed by atoms with E-state index in [1.165, 1.54) is 0 Å². The minimum atomic E-state index is 0.174. The Labute approximate surface area is 100 Å². The summed E-state index contributed by atoms with van der Waals surface area (Å²) in [5.41, 5.74) is 0.926. The summed E-state index contributed by atoms with van der Waals surface area (Å²) >= 11 is 5.82. The van der Waals surface area contributed by atoms with Crippen molar-refractivity contribution in [2.24, 2.45) is 0 Å². The molecule has 0 radical (unpaired) electrons. The summed E-state index contributed by atoms with van der Waals surface area (Å²) in [5, 5.41) is 3.99. The smallest absolute Gasteiger partial charge is 0.228 e. The van der Waals surface area contributed by atoms with Gasteiger partial charge in [-0.2, -0.15) is 0 Å². The molecule has 1 saturated heterocycles. The lowest BCUT2D eigenvalue weighted by Crippen LogP contribution is -2.32. The molecule has 2 rings (SSSR count). The third-order valence-electron chi connectivity index (χ3n) is 2.76. The van der Waals surface area contributed by atoms with Gasteiger partial charge in [0.2, 0.25) is 5.91 Å². The lowest BCUT2D eigenvalue weighted by atomic mass is 10.2. The molecule has 1 amide bonds. The molecular formula is C12H15ClN2O. The van der Waals surface area contributed by atoms with Gasteiger partial charge < -0.3 is 10.2 Å². The van der Waals surface area contributed by atoms with Crippen LogP contribution < -0.4 is 10.2 Å². The number of amides is 1. The molecule has 1 atom stereocenters. The zero-order valence-corrected chi connectivity index (χ0v) is 10.00. The minimum Gasteiger partial charge on any atom is -0.312 e. The van der Waals surface area contributed by atoms with Gasteiger partial charge in [-0.05, 0) is 30.8 Å². The molecule has 1 unspecified atom stereocenters. The number of carbonyl (C=O) groups excluding carboxylic acids is 1. The van der Waals surface area contributed by atoms with Crippen LogP contribution in [-0.4, -0.2) is 25.0 Å². The summed E-state index contributed by atoms with van der Waals surface area (Å²) in [6.45, 7) is 3.69. The van der Waals surface area contributed by atoms with Gasteiger partial charge in [-0.1, -0.05) is 18.5 Å². The Morgan fingerprint density at radius 1 is 1.44 bits per heavy atom. The molecule has 0 saturated carbocycles. The van der Waals surface area contributed by atoms with Crippen LogP contribution in [0.3, 0.4) is 0 Å². The van der Waals surface area contributed by atoms with Crippen LogP contribution >= 0.6 is 11.6 Å². The number of nitrogens with one attached hydrogen (secondary N) is 1. The fourth-order valence-corrected chi connectivity index (χ4v) is 2.13. The van der Waals surface area contributed by atoms with Gasteiger partial charge in [0.1, 0.15) is 0 Å². The summed E-state index contributed by atoms with van der Waals surface area (Å²) in [6.07, 6.45) is 0.580.